The van der Waals surface area contributed by atoms with Crippen LogP contribution in [-0.4, -0.2) is 24.7 Å². The lowest BCUT2D eigenvalue weighted by atomic mass is 10.2. The fourth-order valence-corrected chi connectivity index (χ4v) is 2.12. The van der Waals surface area contributed by atoms with Crippen molar-refractivity contribution in [3.63, 3.8) is 0 Å². The Labute approximate surface area is 104 Å². The summed E-state index contributed by atoms with van der Waals surface area (Å²) in [5, 5.41) is 4.18. The van der Waals surface area contributed by atoms with Gasteiger partial charge < -0.3 is 5.73 Å². The van der Waals surface area contributed by atoms with E-state index in [0.29, 0.717) is 5.82 Å². The molecule has 3 rings (SSSR count). The molecule has 0 fully saturated rings. The molecule has 2 aromatic rings. The first-order valence-corrected chi connectivity index (χ1v) is 5.85. The Bertz CT molecular complexity index is 589. The van der Waals surface area contributed by atoms with Crippen LogP contribution in [0.1, 0.15) is 23.5 Å². The van der Waals surface area contributed by atoms with Crippen molar-refractivity contribution in [3.05, 3.63) is 35.5 Å². The Hall–Kier alpha value is -1.82. The van der Waals surface area contributed by atoms with Crippen molar-refractivity contribution in [2.45, 2.75) is 19.3 Å². The predicted molar refractivity (Wildman–Crippen MR) is 67.1 cm³/mol. The van der Waals surface area contributed by atoms with Crippen molar-refractivity contribution < 1.29 is 0 Å². The Morgan fingerprint density at radius 3 is 3.00 bits per heavy atom. The second-order valence-corrected chi connectivity index (χ2v) is 4.45. The molecule has 6 heteroatoms. The number of pyridine rings is 1. The molecule has 0 amide bonds. The van der Waals surface area contributed by atoms with Gasteiger partial charge in [0.25, 0.3) is 0 Å². The normalized spacial score (nSPS) is 13.6. The van der Waals surface area contributed by atoms with Gasteiger partial charge in [-0.25, -0.2) is 14.6 Å². The molecule has 2 heterocycles. The van der Waals surface area contributed by atoms with E-state index in [1.165, 1.54) is 12.0 Å². The van der Waals surface area contributed by atoms with Crippen molar-refractivity contribution in [3.8, 4) is 5.82 Å². The molecule has 1 aliphatic rings. The molecular formula is C11H11N5S. The first-order valence-electron chi connectivity index (χ1n) is 5.45. The van der Waals surface area contributed by atoms with E-state index in [9.17, 15) is 0 Å². The zero-order valence-corrected chi connectivity index (χ0v) is 9.94. The molecule has 0 aliphatic heterocycles. The van der Waals surface area contributed by atoms with Crippen molar-refractivity contribution in [2.24, 2.45) is 5.73 Å². The van der Waals surface area contributed by atoms with Crippen molar-refractivity contribution >= 4 is 17.2 Å². The van der Waals surface area contributed by atoms with Gasteiger partial charge in [0.15, 0.2) is 5.82 Å². The Balaban J connectivity index is 2.00. The van der Waals surface area contributed by atoms with Crippen LogP contribution in [0.5, 0.6) is 0 Å². The summed E-state index contributed by atoms with van der Waals surface area (Å²) in [6, 6.07) is 4.05. The molecule has 1 aliphatic carbocycles. The van der Waals surface area contributed by atoms with E-state index in [-0.39, 0.29) is 4.99 Å². The summed E-state index contributed by atoms with van der Waals surface area (Å²) in [5.41, 5.74) is 7.97. The van der Waals surface area contributed by atoms with Crippen LogP contribution in [-0.2, 0) is 12.8 Å². The molecule has 5 nitrogen and oxygen atoms in total. The quantitative estimate of drug-likeness (QED) is 0.792. The Kier molecular flexibility index (Phi) is 2.36. The third-order valence-corrected chi connectivity index (χ3v) is 3.04. The van der Waals surface area contributed by atoms with E-state index in [2.05, 4.69) is 21.1 Å². The highest BCUT2D eigenvalue weighted by atomic mass is 32.1. The van der Waals surface area contributed by atoms with Crippen LogP contribution in [0.4, 0.5) is 0 Å². The number of nitrogens with two attached hydrogens (primary N) is 1. The maximum absolute atomic E-state index is 5.47. The monoisotopic (exact) mass is 245 g/mol. The number of fused-ring (bicyclic) bond motifs is 1. The number of hydrogen-bond donors (Lipinski definition) is 1. The minimum absolute atomic E-state index is 0.199. The van der Waals surface area contributed by atoms with Gasteiger partial charge in [0.05, 0.1) is 0 Å². The maximum atomic E-state index is 5.47. The van der Waals surface area contributed by atoms with Crippen molar-refractivity contribution in [1.29, 1.82) is 0 Å². The summed E-state index contributed by atoms with van der Waals surface area (Å²) in [5.74, 6) is 1.14. The van der Waals surface area contributed by atoms with E-state index >= 15 is 0 Å². The summed E-state index contributed by atoms with van der Waals surface area (Å²) in [7, 11) is 0. The smallest absolute Gasteiger partial charge is 0.208 e. The molecule has 0 bridgehead atoms. The third kappa shape index (κ3) is 1.80. The summed E-state index contributed by atoms with van der Waals surface area (Å²) in [6.45, 7) is 0. The van der Waals surface area contributed by atoms with Gasteiger partial charge in [0, 0.05) is 5.69 Å². The van der Waals surface area contributed by atoms with Gasteiger partial charge in [-0.1, -0.05) is 18.3 Å². The maximum Gasteiger partial charge on any atom is 0.208 e. The van der Waals surface area contributed by atoms with Gasteiger partial charge in [-0.2, -0.15) is 0 Å². The Morgan fingerprint density at radius 1 is 1.35 bits per heavy atom. The molecule has 2 aromatic heterocycles. The highest BCUT2D eigenvalue weighted by molar-refractivity contribution is 7.80. The summed E-state index contributed by atoms with van der Waals surface area (Å²) in [4.78, 5) is 8.80. The van der Waals surface area contributed by atoms with Crippen LogP contribution in [0.25, 0.3) is 5.82 Å². The third-order valence-electron chi connectivity index (χ3n) is 2.86. The molecule has 0 atom stereocenters. The van der Waals surface area contributed by atoms with Crippen molar-refractivity contribution in [1.82, 2.24) is 19.7 Å². The molecule has 0 aromatic carbocycles. The van der Waals surface area contributed by atoms with E-state index in [4.69, 9.17) is 18.0 Å². The van der Waals surface area contributed by atoms with E-state index in [1.54, 1.807) is 11.0 Å². The zero-order chi connectivity index (χ0) is 11.8. The van der Waals surface area contributed by atoms with Gasteiger partial charge >= 0.3 is 0 Å². The second kappa shape index (κ2) is 3.89. The van der Waals surface area contributed by atoms with Crippen LogP contribution in [0.2, 0.25) is 0 Å². The highest BCUT2D eigenvalue weighted by Gasteiger charge is 2.14. The average molecular weight is 245 g/mol. The van der Waals surface area contributed by atoms with E-state index in [1.807, 2.05) is 6.07 Å². The van der Waals surface area contributed by atoms with Crippen LogP contribution >= 0.6 is 12.2 Å². The molecule has 0 radical (unpaired) electrons. The Morgan fingerprint density at radius 2 is 2.24 bits per heavy atom. The lowest BCUT2D eigenvalue weighted by molar-refractivity contribution is 0.827. The molecule has 0 spiro atoms. The van der Waals surface area contributed by atoms with Crippen LogP contribution in [0, 0.1) is 0 Å². The largest absolute Gasteiger partial charge is 0.387 e. The lowest BCUT2D eigenvalue weighted by Crippen LogP contribution is -2.12. The molecule has 0 saturated heterocycles. The lowest BCUT2D eigenvalue weighted by Gasteiger charge is -2.02. The highest BCUT2D eigenvalue weighted by Crippen LogP contribution is 2.20. The van der Waals surface area contributed by atoms with Gasteiger partial charge in [0.2, 0.25) is 5.82 Å². The van der Waals surface area contributed by atoms with Gasteiger partial charge in [-0.15, -0.1) is 5.10 Å². The van der Waals surface area contributed by atoms with Crippen LogP contribution < -0.4 is 5.73 Å². The summed E-state index contributed by atoms with van der Waals surface area (Å²) < 4.78 is 1.60. The first-order chi connectivity index (χ1) is 8.24. The predicted octanol–water partition coefficient (Wildman–Crippen LogP) is 0.785. The number of aryl methyl sites for hydroxylation is 2. The van der Waals surface area contributed by atoms with Gasteiger partial charge in [0.1, 0.15) is 11.3 Å². The fourth-order valence-electron chi connectivity index (χ4n) is 2.02. The number of rotatable bonds is 2. The van der Waals surface area contributed by atoms with E-state index in [0.717, 1.165) is 24.4 Å². The summed E-state index contributed by atoms with van der Waals surface area (Å²) >= 11 is 4.82. The number of thiocarbonyl (C=S) groups is 1. The molecule has 2 N–H and O–H groups in total. The van der Waals surface area contributed by atoms with Crippen LogP contribution in [0.15, 0.2) is 18.5 Å². The first kappa shape index (κ1) is 10.3. The van der Waals surface area contributed by atoms with Crippen molar-refractivity contribution in [2.75, 3.05) is 0 Å². The summed E-state index contributed by atoms with van der Waals surface area (Å²) in [6.07, 6.45) is 4.93. The number of hydrogen-bond acceptors (Lipinski definition) is 4. The minimum atomic E-state index is 0.199. The average Bonchev–Trinajstić information content (AvgIpc) is 2.97. The number of nitrogens with zero attached hydrogens (tertiary/aromatic N) is 4. The minimum Gasteiger partial charge on any atom is -0.387 e. The molecular weight excluding hydrogens is 234 g/mol. The standard InChI is InChI=1S/C11H11N5S/c12-10(17)11-13-6-16(15-11)9-5-4-7-2-1-3-8(7)14-9/h4-6H,1-3H2,(H2,12,17). The van der Waals surface area contributed by atoms with Gasteiger partial charge in [-0.3, -0.25) is 0 Å². The molecule has 0 unspecified atom stereocenters. The second-order valence-electron chi connectivity index (χ2n) is 4.01. The fraction of sp³-hybridized carbons (Fsp3) is 0.273. The topological polar surface area (TPSA) is 69.6 Å². The zero-order valence-electron chi connectivity index (χ0n) is 9.13. The molecule has 0 saturated carbocycles. The SMILES string of the molecule is NC(=S)c1ncn(-c2ccc3c(n2)CCC3)n1. The number of aromatic nitrogens is 4. The van der Waals surface area contributed by atoms with E-state index < -0.39 is 0 Å². The van der Waals surface area contributed by atoms with Gasteiger partial charge in [-0.05, 0) is 30.9 Å². The molecule has 17 heavy (non-hydrogen) atoms. The van der Waals surface area contributed by atoms with Crippen LogP contribution in [0.3, 0.4) is 0 Å². The molecule has 86 valence electrons.